The van der Waals surface area contributed by atoms with Crippen LogP contribution < -0.4 is 14.4 Å². The maximum Gasteiger partial charge on any atom is 0.259 e. The number of carbonyl (C=O) groups excluding carboxylic acids is 1. The minimum absolute atomic E-state index is 0.145. The Kier molecular flexibility index (Phi) is 5.23. The van der Waals surface area contributed by atoms with E-state index in [0.717, 1.165) is 11.0 Å². The lowest BCUT2D eigenvalue weighted by Crippen LogP contribution is -2.41. The van der Waals surface area contributed by atoms with Crippen molar-refractivity contribution in [1.82, 2.24) is 0 Å². The molecule has 0 saturated carbocycles. The fourth-order valence-electron chi connectivity index (χ4n) is 2.95. The SMILES string of the molecule is COc1cc(OC)cc(C(=O)N(c2ccc(C)cc2)C2C=CS(=O)(=O)C2)c1. The Morgan fingerprint density at radius 3 is 2.11 bits per heavy atom. The van der Waals surface area contributed by atoms with E-state index in [4.69, 9.17) is 9.47 Å². The van der Waals surface area contributed by atoms with Gasteiger partial charge in [-0.05, 0) is 37.3 Å². The second-order valence-electron chi connectivity index (χ2n) is 6.34. The van der Waals surface area contributed by atoms with Crippen molar-refractivity contribution in [3.63, 3.8) is 0 Å². The summed E-state index contributed by atoms with van der Waals surface area (Å²) in [4.78, 5) is 14.8. The number of aryl methyl sites for hydroxylation is 1. The van der Waals surface area contributed by atoms with Crippen LogP contribution in [0.15, 0.2) is 53.9 Å². The van der Waals surface area contributed by atoms with Gasteiger partial charge in [0.05, 0.1) is 26.0 Å². The van der Waals surface area contributed by atoms with Crippen molar-refractivity contribution in [1.29, 1.82) is 0 Å². The van der Waals surface area contributed by atoms with Gasteiger partial charge >= 0.3 is 0 Å². The first-order chi connectivity index (χ1) is 12.8. The molecule has 6 nitrogen and oxygen atoms in total. The van der Waals surface area contributed by atoms with Gasteiger partial charge in [-0.15, -0.1) is 0 Å². The average Bonchev–Trinajstić information content (AvgIpc) is 3.02. The van der Waals surface area contributed by atoms with E-state index < -0.39 is 15.9 Å². The first-order valence-corrected chi connectivity index (χ1v) is 10.1. The Bertz CT molecular complexity index is 958. The second-order valence-corrected chi connectivity index (χ2v) is 8.27. The molecule has 0 spiro atoms. The first kappa shape index (κ1) is 19.0. The Balaban J connectivity index is 2.06. The molecule has 0 aromatic heterocycles. The molecule has 1 heterocycles. The molecule has 2 aromatic carbocycles. The third-order valence-electron chi connectivity index (χ3n) is 4.37. The summed E-state index contributed by atoms with van der Waals surface area (Å²) in [6.45, 7) is 1.95. The molecular weight excluding hydrogens is 366 g/mol. The Hall–Kier alpha value is -2.80. The van der Waals surface area contributed by atoms with Crippen LogP contribution in [0.5, 0.6) is 11.5 Å². The zero-order valence-corrected chi connectivity index (χ0v) is 16.2. The van der Waals surface area contributed by atoms with Crippen LogP contribution >= 0.6 is 0 Å². The van der Waals surface area contributed by atoms with Gasteiger partial charge in [-0.1, -0.05) is 17.7 Å². The molecule has 1 amide bonds. The topological polar surface area (TPSA) is 72.9 Å². The maximum absolute atomic E-state index is 13.4. The van der Waals surface area contributed by atoms with Crippen LogP contribution in [0.3, 0.4) is 0 Å². The van der Waals surface area contributed by atoms with Crippen LogP contribution in [-0.2, 0) is 9.84 Å². The van der Waals surface area contributed by atoms with Gasteiger partial charge in [0.25, 0.3) is 5.91 Å². The molecule has 0 N–H and O–H groups in total. The minimum atomic E-state index is -3.32. The number of carbonyl (C=O) groups is 1. The third kappa shape index (κ3) is 4.14. The molecule has 1 aliphatic rings. The highest BCUT2D eigenvalue weighted by Gasteiger charge is 2.32. The van der Waals surface area contributed by atoms with Gasteiger partial charge in [0.15, 0.2) is 9.84 Å². The number of nitrogens with zero attached hydrogens (tertiary/aromatic N) is 1. The smallest absolute Gasteiger partial charge is 0.259 e. The van der Waals surface area contributed by atoms with E-state index in [2.05, 4.69) is 0 Å². The summed E-state index contributed by atoms with van der Waals surface area (Å²) in [5, 5.41) is 1.16. The summed E-state index contributed by atoms with van der Waals surface area (Å²) < 4.78 is 34.3. The molecule has 7 heteroatoms. The number of ether oxygens (including phenoxy) is 2. The number of amides is 1. The molecule has 3 rings (SSSR count). The standard InChI is InChI=1S/C20H21NO5S/c1-14-4-6-16(7-5-14)21(17-8-9-27(23,24)13-17)20(22)15-10-18(25-2)12-19(11-15)26-3/h4-12,17H,13H2,1-3H3. The van der Waals surface area contributed by atoms with Crippen LogP contribution in [0, 0.1) is 6.92 Å². The quantitative estimate of drug-likeness (QED) is 0.789. The number of hydrogen-bond acceptors (Lipinski definition) is 5. The summed E-state index contributed by atoms with van der Waals surface area (Å²) in [5.41, 5.74) is 2.02. The van der Waals surface area contributed by atoms with Gasteiger partial charge in [-0.2, -0.15) is 0 Å². The van der Waals surface area contributed by atoms with Crippen LogP contribution in [0.4, 0.5) is 5.69 Å². The molecule has 0 bridgehead atoms. The van der Waals surface area contributed by atoms with Crippen LogP contribution in [0.2, 0.25) is 0 Å². The van der Waals surface area contributed by atoms with Crippen molar-refractivity contribution in [2.45, 2.75) is 13.0 Å². The van der Waals surface area contributed by atoms with Gasteiger partial charge in [0.1, 0.15) is 11.5 Å². The van der Waals surface area contributed by atoms with Crippen molar-refractivity contribution in [3.8, 4) is 11.5 Å². The summed E-state index contributed by atoms with van der Waals surface area (Å²) in [7, 11) is -0.308. The molecular formula is C20H21NO5S. The number of rotatable bonds is 5. The molecule has 0 saturated heterocycles. The fourth-order valence-corrected chi connectivity index (χ4v) is 4.22. The largest absolute Gasteiger partial charge is 0.497 e. The molecule has 1 aliphatic heterocycles. The van der Waals surface area contributed by atoms with Crippen molar-refractivity contribution in [2.24, 2.45) is 0 Å². The summed E-state index contributed by atoms with van der Waals surface area (Å²) in [6, 6.07) is 11.7. The number of hydrogen-bond donors (Lipinski definition) is 0. The average molecular weight is 387 g/mol. The maximum atomic E-state index is 13.4. The first-order valence-electron chi connectivity index (χ1n) is 8.37. The highest BCUT2D eigenvalue weighted by Crippen LogP contribution is 2.28. The van der Waals surface area contributed by atoms with E-state index in [0.29, 0.717) is 22.7 Å². The van der Waals surface area contributed by atoms with Crippen molar-refractivity contribution in [2.75, 3.05) is 24.9 Å². The van der Waals surface area contributed by atoms with E-state index in [9.17, 15) is 13.2 Å². The van der Waals surface area contributed by atoms with Crippen LogP contribution in [-0.4, -0.2) is 40.3 Å². The van der Waals surface area contributed by atoms with Crippen molar-refractivity contribution < 1.29 is 22.7 Å². The highest BCUT2D eigenvalue weighted by atomic mass is 32.2. The van der Waals surface area contributed by atoms with Crippen molar-refractivity contribution >= 4 is 21.4 Å². The van der Waals surface area contributed by atoms with E-state index >= 15 is 0 Å². The lowest BCUT2D eigenvalue weighted by atomic mass is 10.1. The number of anilines is 1. The third-order valence-corrected chi connectivity index (χ3v) is 5.75. The van der Waals surface area contributed by atoms with Gasteiger partial charge < -0.3 is 14.4 Å². The molecule has 0 fully saturated rings. The number of benzene rings is 2. The zero-order chi connectivity index (χ0) is 19.6. The van der Waals surface area contributed by atoms with Crippen molar-refractivity contribution in [3.05, 3.63) is 65.1 Å². The summed E-state index contributed by atoms with van der Waals surface area (Å²) in [6.07, 6.45) is 1.55. The van der Waals surface area contributed by atoms with Crippen LogP contribution in [0.25, 0.3) is 0 Å². The fraction of sp³-hybridized carbons (Fsp3) is 0.250. The van der Waals surface area contributed by atoms with Gasteiger partial charge in [-0.25, -0.2) is 8.42 Å². The van der Waals surface area contributed by atoms with E-state index in [1.807, 2.05) is 31.2 Å². The minimum Gasteiger partial charge on any atom is -0.497 e. The predicted molar refractivity (Wildman–Crippen MR) is 104 cm³/mol. The Labute approximate surface area is 158 Å². The van der Waals surface area contributed by atoms with Gasteiger partial charge in [0.2, 0.25) is 0 Å². The monoisotopic (exact) mass is 387 g/mol. The van der Waals surface area contributed by atoms with E-state index in [1.54, 1.807) is 24.3 Å². The zero-order valence-electron chi connectivity index (χ0n) is 15.4. The molecule has 0 aliphatic carbocycles. The Morgan fingerprint density at radius 1 is 1.04 bits per heavy atom. The van der Waals surface area contributed by atoms with Gasteiger partial charge in [-0.3, -0.25) is 4.79 Å². The molecule has 2 aromatic rings. The Morgan fingerprint density at radius 2 is 1.63 bits per heavy atom. The molecule has 27 heavy (non-hydrogen) atoms. The molecule has 1 unspecified atom stereocenters. The summed E-state index contributed by atoms with van der Waals surface area (Å²) >= 11 is 0. The number of sulfone groups is 1. The van der Waals surface area contributed by atoms with Crippen LogP contribution in [0.1, 0.15) is 15.9 Å². The molecule has 142 valence electrons. The number of methoxy groups -OCH3 is 2. The summed E-state index contributed by atoms with van der Waals surface area (Å²) in [5.74, 6) is 0.489. The lowest BCUT2D eigenvalue weighted by Gasteiger charge is -2.28. The van der Waals surface area contributed by atoms with E-state index in [-0.39, 0.29) is 11.7 Å². The molecule has 0 radical (unpaired) electrons. The lowest BCUT2D eigenvalue weighted by molar-refractivity contribution is 0.0982. The van der Waals surface area contributed by atoms with Gasteiger partial charge in [0, 0.05) is 22.7 Å². The second kappa shape index (κ2) is 7.44. The highest BCUT2D eigenvalue weighted by molar-refractivity contribution is 7.94. The molecule has 1 atom stereocenters. The van der Waals surface area contributed by atoms with E-state index in [1.165, 1.54) is 19.1 Å². The predicted octanol–water partition coefficient (Wildman–Crippen LogP) is 2.97. The normalized spacial score (nSPS) is 17.5.